The molecular formula is C20H18FN3OS2. The lowest BCUT2D eigenvalue weighted by atomic mass is 10.2. The zero-order valence-corrected chi connectivity index (χ0v) is 16.3. The number of nitrogens with zero attached hydrogens (tertiary/aromatic N) is 2. The number of thioether (sulfide) groups is 1. The number of aromatic nitrogens is 2. The highest BCUT2D eigenvalue weighted by atomic mass is 32.2. The largest absolute Gasteiger partial charge is 0.351 e. The molecule has 3 aromatic rings. The summed E-state index contributed by atoms with van der Waals surface area (Å²) < 4.78 is 12.9. The fourth-order valence-corrected chi connectivity index (χ4v) is 4.07. The molecule has 0 unspecified atom stereocenters. The van der Waals surface area contributed by atoms with E-state index in [2.05, 4.69) is 28.3 Å². The minimum Gasteiger partial charge on any atom is -0.351 e. The minimum atomic E-state index is -0.290. The molecule has 0 aliphatic rings. The summed E-state index contributed by atoms with van der Waals surface area (Å²) in [6.45, 7) is 2.42. The Hall–Kier alpha value is -2.38. The summed E-state index contributed by atoms with van der Waals surface area (Å²) in [7, 11) is 0. The molecule has 1 aromatic heterocycles. The van der Waals surface area contributed by atoms with Gasteiger partial charge in [-0.25, -0.2) is 14.4 Å². The maximum atomic E-state index is 12.9. The van der Waals surface area contributed by atoms with Gasteiger partial charge in [-0.2, -0.15) is 0 Å². The summed E-state index contributed by atoms with van der Waals surface area (Å²) in [5.41, 5.74) is 2.02. The van der Waals surface area contributed by atoms with E-state index in [0.29, 0.717) is 6.54 Å². The molecule has 0 fully saturated rings. The number of carbonyl (C=O) groups excluding carboxylic acids is 1. The van der Waals surface area contributed by atoms with E-state index < -0.39 is 0 Å². The topological polar surface area (TPSA) is 54.9 Å². The Morgan fingerprint density at radius 1 is 1.04 bits per heavy atom. The predicted octanol–water partition coefficient (Wildman–Crippen LogP) is 4.48. The highest BCUT2D eigenvalue weighted by Gasteiger charge is 2.11. The van der Waals surface area contributed by atoms with Gasteiger partial charge in [0.05, 0.1) is 5.75 Å². The lowest BCUT2D eigenvalue weighted by Gasteiger charge is -2.09. The van der Waals surface area contributed by atoms with Crippen molar-refractivity contribution in [3.05, 3.63) is 77.9 Å². The molecule has 7 heteroatoms. The van der Waals surface area contributed by atoms with Gasteiger partial charge < -0.3 is 5.32 Å². The SMILES string of the molecule is Cc1ccccc1Sc1nccnc1SCC(=O)NCc1ccc(F)cc1. The van der Waals surface area contributed by atoms with Crippen LogP contribution in [-0.2, 0) is 11.3 Å². The molecule has 2 aromatic carbocycles. The van der Waals surface area contributed by atoms with E-state index in [1.807, 2.05) is 18.2 Å². The molecule has 4 nitrogen and oxygen atoms in total. The predicted molar refractivity (Wildman–Crippen MR) is 106 cm³/mol. The van der Waals surface area contributed by atoms with Crippen molar-refractivity contribution in [3.63, 3.8) is 0 Å². The number of halogens is 1. The van der Waals surface area contributed by atoms with Crippen LogP contribution in [0.1, 0.15) is 11.1 Å². The summed E-state index contributed by atoms with van der Waals surface area (Å²) in [6.07, 6.45) is 3.28. The van der Waals surface area contributed by atoms with Crippen molar-refractivity contribution in [2.45, 2.75) is 28.4 Å². The second kappa shape index (κ2) is 9.53. The minimum absolute atomic E-state index is 0.109. The van der Waals surface area contributed by atoms with Gasteiger partial charge >= 0.3 is 0 Å². The molecule has 3 rings (SSSR count). The number of carbonyl (C=O) groups is 1. The molecule has 1 heterocycles. The smallest absolute Gasteiger partial charge is 0.230 e. The summed E-state index contributed by atoms with van der Waals surface area (Å²) in [6, 6.07) is 14.1. The van der Waals surface area contributed by atoms with Crippen molar-refractivity contribution in [3.8, 4) is 0 Å². The number of amides is 1. The first-order valence-corrected chi connectivity index (χ1v) is 10.1. The molecule has 0 radical (unpaired) electrons. The molecule has 0 saturated carbocycles. The van der Waals surface area contributed by atoms with Gasteiger partial charge in [-0.3, -0.25) is 4.79 Å². The van der Waals surface area contributed by atoms with Crippen molar-refractivity contribution in [2.75, 3.05) is 5.75 Å². The van der Waals surface area contributed by atoms with Crippen molar-refractivity contribution in [1.29, 1.82) is 0 Å². The summed E-state index contributed by atoms with van der Waals surface area (Å²) in [5, 5.41) is 4.34. The van der Waals surface area contributed by atoms with Crippen LogP contribution in [-0.4, -0.2) is 21.6 Å². The first-order valence-electron chi connectivity index (χ1n) is 8.30. The Kier molecular flexibility index (Phi) is 6.84. The monoisotopic (exact) mass is 399 g/mol. The number of aryl methyl sites for hydroxylation is 1. The summed E-state index contributed by atoms with van der Waals surface area (Å²) >= 11 is 2.89. The zero-order valence-electron chi connectivity index (χ0n) is 14.7. The molecule has 0 aliphatic heterocycles. The zero-order chi connectivity index (χ0) is 19.1. The highest BCUT2D eigenvalue weighted by Crippen LogP contribution is 2.33. The van der Waals surface area contributed by atoms with Gasteiger partial charge in [0.15, 0.2) is 0 Å². The number of hydrogen-bond acceptors (Lipinski definition) is 5. The van der Waals surface area contributed by atoms with Gasteiger partial charge in [-0.05, 0) is 36.2 Å². The van der Waals surface area contributed by atoms with Crippen LogP contribution in [0.4, 0.5) is 4.39 Å². The lowest BCUT2D eigenvalue weighted by Crippen LogP contribution is -2.24. The molecule has 0 spiro atoms. The van der Waals surface area contributed by atoms with Gasteiger partial charge in [0.2, 0.25) is 5.91 Å². The molecule has 0 saturated heterocycles. The number of hydrogen-bond donors (Lipinski definition) is 1. The fourth-order valence-electron chi connectivity index (χ4n) is 2.24. The standard InChI is InChI=1S/C20H18FN3OS2/c1-14-4-2-3-5-17(14)27-20-19(22-10-11-23-20)26-13-18(25)24-12-15-6-8-16(21)9-7-15/h2-11H,12-13H2,1H3,(H,24,25). The van der Waals surface area contributed by atoms with Gasteiger partial charge in [0, 0.05) is 23.8 Å². The number of nitrogens with one attached hydrogen (secondary N) is 1. The van der Waals surface area contributed by atoms with Crippen molar-refractivity contribution < 1.29 is 9.18 Å². The Morgan fingerprint density at radius 2 is 1.74 bits per heavy atom. The van der Waals surface area contributed by atoms with Crippen LogP contribution >= 0.6 is 23.5 Å². The first kappa shape index (κ1) is 19.4. The molecule has 0 aliphatic carbocycles. The van der Waals surface area contributed by atoms with Crippen LogP contribution in [0.15, 0.2) is 75.9 Å². The lowest BCUT2D eigenvalue weighted by molar-refractivity contribution is -0.118. The third-order valence-corrected chi connectivity index (χ3v) is 5.95. The Bertz CT molecular complexity index is 919. The number of benzene rings is 2. The summed E-state index contributed by atoms with van der Waals surface area (Å²) in [5.74, 6) is -0.162. The Balaban J connectivity index is 1.57. The Labute approximate surface area is 166 Å². The van der Waals surface area contributed by atoms with E-state index in [9.17, 15) is 9.18 Å². The van der Waals surface area contributed by atoms with Gasteiger partial charge in [0.1, 0.15) is 15.9 Å². The molecule has 0 bridgehead atoms. The van der Waals surface area contributed by atoms with Crippen molar-refractivity contribution in [1.82, 2.24) is 15.3 Å². The van der Waals surface area contributed by atoms with Crippen LogP contribution in [0.25, 0.3) is 0 Å². The van der Waals surface area contributed by atoms with Crippen molar-refractivity contribution >= 4 is 29.4 Å². The Morgan fingerprint density at radius 3 is 2.48 bits per heavy atom. The highest BCUT2D eigenvalue weighted by molar-refractivity contribution is 8.02. The molecule has 0 atom stereocenters. The molecule has 1 N–H and O–H groups in total. The van der Waals surface area contributed by atoms with Gasteiger partial charge in [0.25, 0.3) is 0 Å². The number of rotatable bonds is 7. The molecule has 27 heavy (non-hydrogen) atoms. The van der Waals surface area contributed by atoms with Crippen LogP contribution in [0.5, 0.6) is 0 Å². The first-order chi connectivity index (χ1) is 13.1. The van der Waals surface area contributed by atoms with E-state index in [0.717, 1.165) is 20.5 Å². The average molecular weight is 400 g/mol. The van der Waals surface area contributed by atoms with Crippen molar-refractivity contribution in [2.24, 2.45) is 0 Å². The normalized spacial score (nSPS) is 10.6. The van der Waals surface area contributed by atoms with Crippen LogP contribution in [0, 0.1) is 12.7 Å². The van der Waals surface area contributed by atoms with E-state index >= 15 is 0 Å². The molecule has 1 amide bonds. The third kappa shape index (κ3) is 5.80. The van der Waals surface area contributed by atoms with Gasteiger partial charge in [-0.1, -0.05) is 53.9 Å². The maximum absolute atomic E-state index is 12.9. The van der Waals surface area contributed by atoms with Gasteiger partial charge in [-0.15, -0.1) is 0 Å². The van der Waals surface area contributed by atoms with Crippen LogP contribution in [0.2, 0.25) is 0 Å². The quantitative estimate of drug-likeness (QED) is 0.594. The molecular weight excluding hydrogens is 381 g/mol. The maximum Gasteiger partial charge on any atom is 0.230 e. The third-order valence-electron chi connectivity index (χ3n) is 3.68. The second-order valence-corrected chi connectivity index (χ2v) is 7.72. The van der Waals surface area contributed by atoms with E-state index in [1.54, 1.807) is 36.3 Å². The van der Waals surface area contributed by atoms with Crippen LogP contribution in [0.3, 0.4) is 0 Å². The average Bonchev–Trinajstić information content (AvgIpc) is 2.68. The summed E-state index contributed by atoms with van der Waals surface area (Å²) in [4.78, 5) is 22.0. The van der Waals surface area contributed by atoms with E-state index in [-0.39, 0.29) is 17.5 Å². The fraction of sp³-hybridized carbons (Fsp3) is 0.150. The molecule has 138 valence electrons. The van der Waals surface area contributed by atoms with Crippen LogP contribution < -0.4 is 5.32 Å². The second-order valence-electron chi connectivity index (χ2n) is 5.73. The van der Waals surface area contributed by atoms with E-state index in [4.69, 9.17) is 0 Å². The van der Waals surface area contributed by atoms with E-state index in [1.165, 1.54) is 29.5 Å².